The van der Waals surface area contributed by atoms with Gasteiger partial charge < -0.3 is 4.74 Å². The molecule has 11 heteroatoms. The smallest absolute Gasteiger partial charge is 0.471 e. The van der Waals surface area contributed by atoms with Gasteiger partial charge in [0.2, 0.25) is 5.91 Å². The number of ether oxygens (including phenoxy) is 1. The first-order valence-electron chi connectivity index (χ1n) is 11.1. The molecule has 190 valence electrons. The standard InChI is InChI=1S/C25H24F3N3O4S/c1-16-12-17(20-4-2-3-5-21(20)29-16)14-35-19-8-6-18(7-9-19)31(23(33)25(26,27)28)24(10-11-36-15-24)13-22(32)30-34/h2-9,12,34H,10-11,13-15H2,1H3,(H,30,32)/t24-/m0/s1. The van der Waals surface area contributed by atoms with Crippen molar-refractivity contribution in [2.75, 3.05) is 16.4 Å². The topological polar surface area (TPSA) is 91.8 Å². The third-order valence-electron chi connectivity index (χ3n) is 6.04. The number of alkyl halides is 3. The Morgan fingerprint density at radius 1 is 1.19 bits per heavy atom. The van der Waals surface area contributed by atoms with E-state index in [0.717, 1.165) is 22.2 Å². The molecule has 1 atom stereocenters. The fourth-order valence-corrected chi connectivity index (χ4v) is 5.85. The van der Waals surface area contributed by atoms with Gasteiger partial charge in [0, 0.05) is 28.1 Å². The van der Waals surface area contributed by atoms with Crippen LogP contribution in [0.5, 0.6) is 5.75 Å². The molecule has 2 amide bonds. The molecule has 1 aromatic heterocycles. The fraction of sp³-hybridized carbons (Fsp3) is 0.320. The lowest BCUT2D eigenvalue weighted by Gasteiger charge is -2.40. The Labute approximate surface area is 209 Å². The number of thioether (sulfide) groups is 1. The van der Waals surface area contributed by atoms with E-state index in [4.69, 9.17) is 9.94 Å². The van der Waals surface area contributed by atoms with Crippen molar-refractivity contribution < 1.29 is 32.7 Å². The number of para-hydroxylation sites is 1. The molecule has 1 aliphatic heterocycles. The Morgan fingerprint density at radius 2 is 1.92 bits per heavy atom. The number of amides is 2. The molecule has 2 heterocycles. The van der Waals surface area contributed by atoms with Crippen molar-refractivity contribution in [2.45, 2.75) is 38.1 Å². The fourth-order valence-electron chi connectivity index (χ4n) is 4.43. The number of carbonyl (C=O) groups excluding carboxylic acids is 2. The molecule has 0 saturated carbocycles. The molecule has 0 radical (unpaired) electrons. The largest absolute Gasteiger partial charge is 0.489 e. The summed E-state index contributed by atoms with van der Waals surface area (Å²) in [6, 6.07) is 15.3. The predicted octanol–water partition coefficient (Wildman–Crippen LogP) is 4.79. The molecular formula is C25H24F3N3O4S. The molecule has 2 N–H and O–H groups in total. The molecular weight excluding hydrogens is 495 g/mol. The summed E-state index contributed by atoms with van der Waals surface area (Å²) in [5.74, 6) is -1.93. The normalized spacial score (nSPS) is 17.7. The van der Waals surface area contributed by atoms with Crippen molar-refractivity contribution in [1.82, 2.24) is 10.5 Å². The number of rotatable bonds is 7. The summed E-state index contributed by atoms with van der Waals surface area (Å²) in [4.78, 5) is 29.6. The van der Waals surface area contributed by atoms with Gasteiger partial charge in [-0.2, -0.15) is 24.9 Å². The van der Waals surface area contributed by atoms with Crippen LogP contribution < -0.4 is 15.1 Å². The Hall–Kier alpha value is -3.31. The number of hydrogen-bond donors (Lipinski definition) is 2. The highest BCUT2D eigenvalue weighted by molar-refractivity contribution is 7.99. The molecule has 0 unspecified atom stereocenters. The first-order valence-corrected chi connectivity index (χ1v) is 12.3. The molecule has 7 nitrogen and oxygen atoms in total. The monoisotopic (exact) mass is 519 g/mol. The molecule has 1 fully saturated rings. The van der Waals surface area contributed by atoms with Crippen molar-refractivity contribution in [3.8, 4) is 5.75 Å². The van der Waals surface area contributed by atoms with Crippen LogP contribution in [0.2, 0.25) is 0 Å². The van der Waals surface area contributed by atoms with Gasteiger partial charge >= 0.3 is 12.1 Å². The maximum Gasteiger partial charge on any atom is 0.471 e. The van der Waals surface area contributed by atoms with Crippen molar-refractivity contribution in [3.05, 3.63) is 65.9 Å². The van der Waals surface area contributed by atoms with Crippen molar-refractivity contribution in [3.63, 3.8) is 0 Å². The lowest BCUT2D eigenvalue weighted by atomic mass is 9.90. The van der Waals surface area contributed by atoms with E-state index in [1.807, 2.05) is 37.3 Å². The van der Waals surface area contributed by atoms with E-state index in [0.29, 0.717) is 16.4 Å². The van der Waals surface area contributed by atoms with Crippen LogP contribution in [0.25, 0.3) is 10.9 Å². The first kappa shape index (κ1) is 25.8. The molecule has 0 bridgehead atoms. The summed E-state index contributed by atoms with van der Waals surface area (Å²) in [5, 5.41) is 9.92. The SMILES string of the molecule is Cc1cc(COc2ccc(N(C(=O)C(F)(F)F)[C@]3(CC(=O)NO)CCSC3)cc2)c2ccccc2n1. The minimum Gasteiger partial charge on any atom is -0.489 e. The lowest BCUT2D eigenvalue weighted by Crippen LogP contribution is -2.58. The molecule has 0 spiro atoms. The second kappa shape index (κ2) is 10.4. The van der Waals surface area contributed by atoms with Crippen LogP contribution >= 0.6 is 11.8 Å². The number of pyridine rings is 1. The van der Waals surface area contributed by atoms with Crippen LogP contribution in [0.1, 0.15) is 24.1 Å². The minimum atomic E-state index is -5.15. The van der Waals surface area contributed by atoms with Gasteiger partial charge in [0.1, 0.15) is 12.4 Å². The zero-order valence-electron chi connectivity index (χ0n) is 19.3. The van der Waals surface area contributed by atoms with Crippen LogP contribution in [0.4, 0.5) is 18.9 Å². The third-order valence-corrected chi connectivity index (χ3v) is 7.27. The molecule has 2 aromatic carbocycles. The number of halogens is 3. The molecule has 3 aromatic rings. The average molecular weight is 520 g/mol. The molecule has 1 saturated heterocycles. The maximum absolute atomic E-state index is 13.6. The van der Waals surface area contributed by atoms with E-state index >= 15 is 0 Å². The Morgan fingerprint density at radius 3 is 2.56 bits per heavy atom. The van der Waals surface area contributed by atoms with E-state index in [1.54, 1.807) is 0 Å². The number of carbonyl (C=O) groups is 2. The predicted molar refractivity (Wildman–Crippen MR) is 130 cm³/mol. The highest BCUT2D eigenvalue weighted by Gasteiger charge is 2.52. The second-order valence-corrected chi connectivity index (χ2v) is 9.70. The van der Waals surface area contributed by atoms with Crippen LogP contribution in [0.3, 0.4) is 0 Å². The second-order valence-electron chi connectivity index (χ2n) is 8.60. The van der Waals surface area contributed by atoms with Gasteiger partial charge in [-0.25, -0.2) is 5.48 Å². The Balaban J connectivity index is 1.61. The van der Waals surface area contributed by atoms with Gasteiger partial charge in [0.25, 0.3) is 0 Å². The van der Waals surface area contributed by atoms with E-state index in [9.17, 15) is 22.8 Å². The number of fused-ring (bicyclic) bond motifs is 1. The van der Waals surface area contributed by atoms with E-state index in [-0.39, 0.29) is 24.5 Å². The number of aromatic nitrogens is 1. The molecule has 1 aliphatic rings. The Kier molecular flexibility index (Phi) is 7.41. The van der Waals surface area contributed by atoms with Gasteiger partial charge in [0.05, 0.1) is 17.5 Å². The quantitative estimate of drug-likeness (QED) is 0.345. The van der Waals surface area contributed by atoms with Crippen LogP contribution in [-0.4, -0.2) is 45.2 Å². The molecule has 36 heavy (non-hydrogen) atoms. The zero-order chi connectivity index (χ0) is 25.9. The van der Waals surface area contributed by atoms with Gasteiger partial charge in [0.15, 0.2) is 0 Å². The number of nitrogens with one attached hydrogen (secondary N) is 1. The third kappa shape index (κ3) is 5.41. The first-order chi connectivity index (χ1) is 17.1. The summed E-state index contributed by atoms with van der Waals surface area (Å²) in [6.45, 7) is 2.09. The van der Waals surface area contributed by atoms with E-state index in [1.165, 1.54) is 41.5 Å². The van der Waals surface area contributed by atoms with Crippen molar-refractivity contribution >= 4 is 40.2 Å². The summed E-state index contributed by atoms with van der Waals surface area (Å²) < 4.78 is 46.7. The van der Waals surface area contributed by atoms with Crippen molar-refractivity contribution in [2.24, 2.45) is 0 Å². The average Bonchev–Trinajstić information content (AvgIpc) is 3.31. The summed E-state index contributed by atoms with van der Waals surface area (Å²) >= 11 is 1.34. The Bertz CT molecular complexity index is 1260. The molecule has 4 rings (SSSR count). The number of aryl methyl sites for hydroxylation is 1. The highest BCUT2D eigenvalue weighted by Crippen LogP contribution is 2.41. The highest BCUT2D eigenvalue weighted by atomic mass is 32.2. The van der Waals surface area contributed by atoms with E-state index < -0.39 is 30.0 Å². The number of benzene rings is 2. The number of hydrogen-bond acceptors (Lipinski definition) is 6. The van der Waals surface area contributed by atoms with E-state index in [2.05, 4.69) is 4.98 Å². The molecule has 0 aliphatic carbocycles. The van der Waals surface area contributed by atoms with Gasteiger partial charge in [-0.05, 0) is 55.5 Å². The summed E-state index contributed by atoms with van der Waals surface area (Å²) in [5.41, 5.74) is 2.60. The number of anilines is 1. The number of nitrogens with zero attached hydrogens (tertiary/aromatic N) is 2. The van der Waals surface area contributed by atoms with Crippen LogP contribution in [-0.2, 0) is 16.2 Å². The van der Waals surface area contributed by atoms with Gasteiger partial charge in [-0.15, -0.1) is 0 Å². The lowest BCUT2D eigenvalue weighted by molar-refractivity contribution is -0.171. The number of hydroxylamine groups is 1. The minimum absolute atomic E-state index is 0.0110. The zero-order valence-corrected chi connectivity index (χ0v) is 20.2. The maximum atomic E-state index is 13.6. The van der Waals surface area contributed by atoms with Gasteiger partial charge in [-0.3, -0.25) is 24.7 Å². The summed E-state index contributed by atoms with van der Waals surface area (Å²) in [6.07, 6.45) is -5.45. The van der Waals surface area contributed by atoms with Crippen LogP contribution in [0, 0.1) is 6.92 Å². The summed E-state index contributed by atoms with van der Waals surface area (Å²) in [7, 11) is 0. The van der Waals surface area contributed by atoms with Crippen molar-refractivity contribution in [1.29, 1.82) is 0 Å². The van der Waals surface area contributed by atoms with Gasteiger partial charge in [-0.1, -0.05) is 18.2 Å². The van der Waals surface area contributed by atoms with Crippen LogP contribution in [0.15, 0.2) is 54.6 Å².